The van der Waals surface area contributed by atoms with E-state index in [1.165, 1.54) is 13.0 Å². The predicted octanol–water partition coefficient (Wildman–Crippen LogP) is 5.97. The number of hydrogen-bond donors (Lipinski definition) is 2. The SMILES string of the molecule is CC(=O)Nc1ccc(C2CCC(=O)NC2=O)nc1N1C(C)CC(CCOC2CCC(N3C(=S)N(c4cnc(C#N)c(C(F)(F)F)c4)C(=O)C3(C)C)CC2)CC1C. The molecular formula is C39H47F3N8O5S. The summed E-state index contributed by atoms with van der Waals surface area (Å²) in [5, 5.41) is 14.6. The molecule has 4 amide bonds. The molecular weight excluding hydrogens is 750 g/mol. The number of carbonyl (C=O) groups is 4. The van der Waals surface area contributed by atoms with Gasteiger partial charge in [0.05, 0.1) is 40.9 Å². The molecule has 0 aromatic carbocycles. The Hall–Kier alpha value is -4.69. The lowest BCUT2D eigenvalue weighted by atomic mass is 9.85. The largest absolute Gasteiger partial charge is 0.419 e. The Bertz CT molecular complexity index is 1930. The Morgan fingerprint density at radius 2 is 1.79 bits per heavy atom. The van der Waals surface area contributed by atoms with Crippen molar-refractivity contribution >= 4 is 58.2 Å². The summed E-state index contributed by atoms with van der Waals surface area (Å²) in [6.07, 6.45) is 2.31. The second kappa shape index (κ2) is 16.0. The van der Waals surface area contributed by atoms with Gasteiger partial charge < -0.3 is 19.9 Å². The van der Waals surface area contributed by atoms with Crippen molar-refractivity contribution in [1.82, 2.24) is 20.2 Å². The first kappa shape index (κ1) is 41.0. The molecule has 1 saturated carbocycles. The minimum atomic E-state index is -4.83. The third-order valence-corrected chi connectivity index (χ3v) is 11.9. The summed E-state index contributed by atoms with van der Waals surface area (Å²) < 4.78 is 47.5. The molecule has 2 aromatic rings. The zero-order chi connectivity index (χ0) is 40.7. The van der Waals surface area contributed by atoms with Crippen LogP contribution in [0.3, 0.4) is 0 Å². The first-order valence-corrected chi connectivity index (χ1v) is 19.5. The number of rotatable bonds is 9. The van der Waals surface area contributed by atoms with Gasteiger partial charge in [0.15, 0.2) is 16.6 Å². The average Bonchev–Trinajstić information content (AvgIpc) is 3.30. The van der Waals surface area contributed by atoms with Gasteiger partial charge in [-0.1, -0.05) is 0 Å². The molecule has 2 aromatic heterocycles. The lowest BCUT2D eigenvalue weighted by Crippen LogP contribution is -2.51. The molecule has 3 atom stereocenters. The molecule has 0 radical (unpaired) electrons. The molecule has 0 bridgehead atoms. The van der Waals surface area contributed by atoms with Crippen molar-refractivity contribution in [3.63, 3.8) is 0 Å². The lowest BCUT2D eigenvalue weighted by molar-refractivity contribution is -0.138. The number of thiocarbonyl (C=S) groups is 1. The number of alkyl halides is 3. The van der Waals surface area contributed by atoms with Crippen LogP contribution >= 0.6 is 12.2 Å². The molecule has 6 rings (SSSR count). The number of carbonyl (C=O) groups excluding carboxylic acids is 4. The van der Waals surface area contributed by atoms with E-state index >= 15 is 0 Å². The van der Waals surface area contributed by atoms with E-state index in [-0.39, 0.29) is 59.2 Å². The molecule has 3 aliphatic heterocycles. The number of ether oxygens (including phenoxy) is 1. The Kier molecular flexibility index (Phi) is 11.7. The van der Waals surface area contributed by atoms with E-state index < -0.39 is 34.8 Å². The summed E-state index contributed by atoms with van der Waals surface area (Å²) in [7, 11) is 0. The van der Waals surface area contributed by atoms with Gasteiger partial charge in [0, 0.05) is 38.1 Å². The number of halogens is 3. The highest BCUT2D eigenvalue weighted by Crippen LogP contribution is 2.41. The van der Waals surface area contributed by atoms with E-state index in [1.807, 2.05) is 4.90 Å². The van der Waals surface area contributed by atoms with Crippen molar-refractivity contribution in [3.05, 3.63) is 41.3 Å². The van der Waals surface area contributed by atoms with Gasteiger partial charge in [0.1, 0.15) is 11.6 Å². The van der Waals surface area contributed by atoms with Crippen molar-refractivity contribution < 1.29 is 37.1 Å². The minimum absolute atomic E-state index is 0.0174. The summed E-state index contributed by atoms with van der Waals surface area (Å²) in [6.45, 7) is 9.70. The van der Waals surface area contributed by atoms with Crippen molar-refractivity contribution in [3.8, 4) is 6.07 Å². The number of nitriles is 1. The zero-order valence-electron chi connectivity index (χ0n) is 32.1. The summed E-state index contributed by atoms with van der Waals surface area (Å²) in [5.41, 5.74) is -2.09. The molecule has 13 nitrogen and oxygen atoms in total. The highest BCUT2D eigenvalue weighted by atomic mass is 32.1. The van der Waals surface area contributed by atoms with Crippen LogP contribution in [0.25, 0.3) is 0 Å². The number of imide groups is 1. The monoisotopic (exact) mass is 796 g/mol. The van der Waals surface area contributed by atoms with E-state index in [2.05, 4.69) is 34.4 Å². The van der Waals surface area contributed by atoms with Crippen molar-refractivity contribution in [2.75, 3.05) is 21.7 Å². The maximum atomic E-state index is 13.7. The molecule has 5 heterocycles. The van der Waals surface area contributed by atoms with Crippen molar-refractivity contribution in [1.29, 1.82) is 5.26 Å². The Labute approximate surface area is 329 Å². The van der Waals surface area contributed by atoms with Gasteiger partial charge in [-0.25, -0.2) is 9.97 Å². The van der Waals surface area contributed by atoms with E-state index in [0.717, 1.165) is 49.3 Å². The molecule has 3 unspecified atom stereocenters. The second-order valence-corrected chi connectivity index (χ2v) is 16.2. The summed E-state index contributed by atoms with van der Waals surface area (Å²) in [5.74, 6) is -0.908. The fraction of sp³-hybridized carbons (Fsp3) is 0.590. The third-order valence-electron chi connectivity index (χ3n) is 11.5. The number of amides is 4. The number of aromatic nitrogens is 2. The highest BCUT2D eigenvalue weighted by molar-refractivity contribution is 7.80. The van der Waals surface area contributed by atoms with Crippen LogP contribution in [0.1, 0.15) is 115 Å². The Morgan fingerprint density at radius 3 is 2.39 bits per heavy atom. The third kappa shape index (κ3) is 8.22. The first-order chi connectivity index (χ1) is 26.4. The standard InChI is InChI=1S/C39H47F3N8O5S/c1-21-16-24(17-22(2)48(21)34-31(45-23(3)51)12-11-30(46-34)28-10-13-33(52)47-35(28)53)14-15-55-27-8-6-25(7-9-27)50-37(56)49(36(54)38(50,4)5)26-18-29(39(40,41)42)32(19-43)44-20-26/h11-12,18,20-22,24-25,27-28H,6-10,13-17H2,1-5H3,(H,45,51)(H,47,52,53). The number of nitrogens with zero attached hydrogens (tertiary/aromatic N) is 6. The maximum absolute atomic E-state index is 13.7. The van der Waals surface area contributed by atoms with Crippen LogP contribution in [0.4, 0.5) is 30.4 Å². The molecule has 1 aliphatic carbocycles. The molecule has 56 heavy (non-hydrogen) atoms. The van der Waals surface area contributed by atoms with Gasteiger partial charge in [0.2, 0.25) is 17.7 Å². The molecule has 300 valence electrons. The Morgan fingerprint density at radius 1 is 1.11 bits per heavy atom. The van der Waals surface area contributed by atoms with Crippen LogP contribution in [0.2, 0.25) is 0 Å². The van der Waals surface area contributed by atoms with Gasteiger partial charge in [-0.3, -0.25) is 29.4 Å². The smallest absolute Gasteiger partial charge is 0.378 e. The zero-order valence-corrected chi connectivity index (χ0v) is 32.9. The van der Waals surface area contributed by atoms with Gasteiger partial charge in [-0.2, -0.15) is 18.4 Å². The quantitative estimate of drug-likeness (QED) is 0.227. The van der Waals surface area contributed by atoms with Gasteiger partial charge in [0.25, 0.3) is 5.91 Å². The van der Waals surface area contributed by atoms with Gasteiger partial charge in [-0.05, 0) is 115 Å². The number of anilines is 3. The summed E-state index contributed by atoms with van der Waals surface area (Å²) >= 11 is 5.72. The molecule has 4 aliphatic rings. The van der Waals surface area contributed by atoms with Crippen molar-refractivity contribution in [2.24, 2.45) is 5.92 Å². The predicted molar refractivity (Wildman–Crippen MR) is 204 cm³/mol. The number of piperidine rings is 2. The van der Waals surface area contributed by atoms with Crippen molar-refractivity contribution in [2.45, 2.75) is 134 Å². The van der Waals surface area contributed by atoms with Gasteiger partial charge in [-0.15, -0.1) is 0 Å². The first-order valence-electron chi connectivity index (χ1n) is 19.1. The topological polar surface area (TPSA) is 161 Å². The summed E-state index contributed by atoms with van der Waals surface area (Å²) in [4.78, 5) is 63.9. The maximum Gasteiger partial charge on any atom is 0.419 e. The Balaban J connectivity index is 1.04. The fourth-order valence-corrected chi connectivity index (χ4v) is 9.46. The lowest BCUT2D eigenvalue weighted by Gasteiger charge is -2.44. The van der Waals surface area contributed by atoms with Gasteiger partial charge >= 0.3 is 6.18 Å². The van der Waals surface area contributed by atoms with Crippen LogP contribution in [-0.2, 0) is 30.1 Å². The summed E-state index contributed by atoms with van der Waals surface area (Å²) in [6, 6.07) is 5.77. The average molecular weight is 797 g/mol. The second-order valence-electron chi connectivity index (χ2n) is 15.9. The number of pyridine rings is 2. The molecule has 0 spiro atoms. The molecule has 2 N–H and O–H groups in total. The van der Waals surface area contributed by atoms with E-state index in [1.54, 1.807) is 26.0 Å². The number of hydrogen-bond acceptors (Lipinski definition) is 10. The van der Waals surface area contributed by atoms with Crippen LogP contribution in [-0.4, -0.2) is 80.0 Å². The van der Waals surface area contributed by atoms with Crippen LogP contribution in [0.15, 0.2) is 24.4 Å². The normalized spacial score (nSPS) is 26.9. The van der Waals surface area contributed by atoms with E-state index in [0.29, 0.717) is 49.0 Å². The molecule has 4 fully saturated rings. The number of nitrogens with one attached hydrogen (secondary N) is 2. The highest BCUT2D eigenvalue weighted by Gasteiger charge is 2.53. The van der Waals surface area contributed by atoms with Crippen LogP contribution in [0, 0.1) is 17.2 Å². The minimum Gasteiger partial charge on any atom is -0.378 e. The molecule has 17 heteroatoms. The van der Waals surface area contributed by atoms with E-state index in [9.17, 15) is 32.3 Å². The fourth-order valence-electron chi connectivity index (χ4n) is 8.90. The van der Waals surface area contributed by atoms with E-state index in [4.69, 9.17) is 27.2 Å². The molecule has 3 saturated heterocycles. The van der Waals surface area contributed by atoms with Crippen LogP contribution < -0.4 is 20.4 Å². The van der Waals surface area contributed by atoms with Crippen LogP contribution in [0.5, 0.6) is 0 Å².